The first-order valence-electron chi connectivity index (χ1n) is 11.5. The van der Waals surface area contributed by atoms with Crippen LogP contribution in [0.15, 0.2) is 23.8 Å². The number of nitrogens with zero attached hydrogens (tertiary/aromatic N) is 2. The number of aromatic hydroxyl groups is 1. The van der Waals surface area contributed by atoms with Crippen molar-refractivity contribution in [2.24, 2.45) is 23.5 Å². The number of benzene rings is 1. The molecule has 1 aromatic rings. The highest BCUT2D eigenvalue weighted by Crippen LogP contribution is 2.67. The number of primary amides is 1. The summed E-state index contributed by atoms with van der Waals surface area (Å²) in [5.74, 6) is -7.10. The Bertz CT molecular complexity index is 1330. The van der Waals surface area contributed by atoms with Crippen molar-refractivity contribution in [1.82, 2.24) is 9.80 Å². The Hall–Kier alpha value is -2.83. The molecule has 202 valence electrons. The number of hydrogen-bond acceptors (Lipinski definition) is 8. The van der Waals surface area contributed by atoms with Gasteiger partial charge in [0.15, 0.2) is 9.75 Å². The molecule has 4 aliphatic rings. The molecular weight excluding hydrogens is 609 g/mol. The van der Waals surface area contributed by atoms with Crippen LogP contribution in [0.4, 0.5) is 4.79 Å². The maximum Gasteiger partial charge on any atom is 0.328 e. The number of carbonyl (C=O) groups excluding carboxylic acids is 5. The lowest BCUT2D eigenvalue weighted by molar-refractivity contribution is -0.139. The smallest absolute Gasteiger partial charge is 0.328 e. The molecule has 0 bridgehead atoms. The molecule has 14 heteroatoms. The largest absolute Gasteiger partial charge is 0.508 e. The first-order valence-corrected chi connectivity index (χ1v) is 13.4. The van der Waals surface area contributed by atoms with Gasteiger partial charge in [-0.1, -0.05) is 27.6 Å². The Morgan fingerprint density at radius 2 is 1.71 bits per heavy atom. The average Bonchev–Trinajstić information content (AvgIpc) is 3.21. The van der Waals surface area contributed by atoms with Crippen LogP contribution in [0.3, 0.4) is 0 Å². The first kappa shape index (κ1) is 26.8. The molecule has 2 saturated heterocycles. The average molecular weight is 631 g/mol. The number of allylic oxidation sites excluding steroid dienone is 2. The number of methoxy groups -OCH3 is 2. The van der Waals surface area contributed by atoms with Crippen LogP contribution in [0.5, 0.6) is 17.2 Å². The molecule has 6 amide bonds. The molecule has 38 heavy (non-hydrogen) atoms. The molecule has 2 aliphatic carbocycles. The van der Waals surface area contributed by atoms with Crippen LogP contribution in [0, 0.1) is 17.8 Å². The summed E-state index contributed by atoms with van der Waals surface area (Å²) < 4.78 is 11.1. The molecule has 0 radical (unpaired) electrons. The van der Waals surface area contributed by atoms with E-state index >= 15 is 0 Å². The predicted molar refractivity (Wildman–Crippen MR) is 136 cm³/mol. The Kier molecular flexibility index (Phi) is 6.23. The second-order valence-corrected chi connectivity index (χ2v) is 11.3. The molecule has 6 atom stereocenters. The number of hydrogen-bond donors (Lipinski definition) is 2. The quantitative estimate of drug-likeness (QED) is 0.222. The van der Waals surface area contributed by atoms with E-state index in [4.69, 9.17) is 38.4 Å². The number of rotatable bonds is 4. The summed E-state index contributed by atoms with van der Waals surface area (Å²) in [6, 6.07) is 1.40. The number of urea groups is 1. The van der Waals surface area contributed by atoms with Gasteiger partial charge in [0.1, 0.15) is 17.2 Å². The molecule has 3 fully saturated rings. The van der Waals surface area contributed by atoms with E-state index in [2.05, 4.69) is 15.9 Å². The lowest BCUT2D eigenvalue weighted by atomic mass is 9.56. The molecule has 2 heterocycles. The van der Waals surface area contributed by atoms with Crippen LogP contribution in [0.25, 0.3) is 0 Å². The van der Waals surface area contributed by atoms with Gasteiger partial charge in [0, 0.05) is 23.6 Å². The zero-order valence-electron chi connectivity index (χ0n) is 20.1. The van der Waals surface area contributed by atoms with E-state index < -0.39 is 63.1 Å². The van der Waals surface area contributed by atoms with E-state index in [1.807, 2.05) is 0 Å². The van der Waals surface area contributed by atoms with Crippen molar-refractivity contribution in [3.63, 3.8) is 0 Å². The van der Waals surface area contributed by atoms with Gasteiger partial charge in [-0.05, 0) is 18.8 Å². The molecule has 2 aliphatic heterocycles. The lowest BCUT2D eigenvalue weighted by Crippen LogP contribution is -2.60. The van der Waals surface area contributed by atoms with Crippen LogP contribution in [0.2, 0.25) is 0 Å². The maximum atomic E-state index is 13.8. The number of carbonyl (C=O) groups is 5. The summed E-state index contributed by atoms with van der Waals surface area (Å²) >= 11 is 17.4. The van der Waals surface area contributed by atoms with Crippen molar-refractivity contribution < 1.29 is 38.6 Å². The Morgan fingerprint density at radius 3 is 2.24 bits per heavy atom. The van der Waals surface area contributed by atoms with Crippen molar-refractivity contribution >= 4 is 68.8 Å². The van der Waals surface area contributed by atoms with E-state index in [1.165, 1.54) is 26.4 Å². The second-order valence-electron chi connectivity index (χ2n) is 9.60. The molecule has 1 saturated carbocycles. The van der Waals surface area contributed by atoms with Crippen LogP contribution in [-0.2, 0) is 19.2 Å². The van der Waals surface area contributed by atoms with Gasteiger partial charge in [-0.25, -0.2) is 4.79 Å². The highest BCUT2D eigenvalue weighted by atomic mass is 79.9. The van der Waals surface area contributed by atoms with Gasteiger partial charge < -0.3 is 20.3 Å². The molecule has 5 rings (SSSR count). The van der Waals surface area contributed by atoms with Crippen LogP contribution in [-0.4, -0.2) is 74.0 Å². The van der Waals surface area contributed by atoms with Gasteiger partial charge >= 0.3 is 6.03 Å². The van der Waals surface area contributed by atoms with Crippen LogP contribution < -0.4 is 15.2 Å². The molecule has 0 spiro atoms. The van der Waals surface area contributed by atoms with E-state index in [1.54, 1.807) is 6.08 Å². The second kappa shape index (κ2) is 8.85. The number of imide groups is 4. The lowest BCUT2D eigenvalue weighted by Gasteiger charge is -2.51. The molecular formula is C24H22BrCl2N3O8. The van der Waals surface area contributed by atoms with E-state index in [0.29, 0.717) is 10.5 Å². The number of amides is 6. The standard InChI is InChI=1S/C24H22BrCl2N3O8/c1-37-13-5-9(31)6-14(38-2)16(13)17-10-3-4-11-15(19(33)30(18(11)32)22(28)36)12(10)7-23(26)20(34)29(8-25)21(35)24(17,23)27/h3,5-6,11-12,15,17,31H,4,7-8H2,1-2H3,(H2,28,36). The maximum absolute atomic E-state index is 13.8. The van der Waals surface area contributed by atoms with Crippen molar-refractivity contribution in [2.45, 2.75) is 28.5 Å². The molecule has 3 N–H and O–H groups in total. The monoisotopic (exact) mass is 629 g/mol. The number of likely N-dealkylation sites (tertiary alicyclic amines) is 2. The minimum atomic E-state index is -2.10. The third-order valence-corrected chi connectivity index (χ3v) is 9.97. The van der Waals surface area contributed by atoms with Gasteiger partial charge in [0.2, 0.25) is 11.8 Å². The fraction of sp³-hybridized carbons (Fsp3) is 0.458. The van der Waals surface area contributed by atoms with Crippen LogP contribution >= 0.6 is 39.1 Å². The van der Waals surface area contributed by atoms with Gasteiger partial charge in [-0.15, -0.1) is 23.2 Å². The number of phenols is 1. The van der Waals surface area contributed by atoms with Crippen molar-refractivity contribution in [3.05, 3.63) is 29.3 Å². The Morgan fingerprint density at radius 1 is 1.11 bits per heavy atom. The summed E-state index contributed by atoms with van der Waals surface area (Å²) in [6.07, 6.45) is 1.48. The number of halogens is 3. The number of alkyl halides is 3. The summed E-state index contributed by atoms with van der Waals surface area (Å²) in [5, 5.41) is 10.3. The van der Waals surface area contributed by atoms with Gasteiger partial charge in [0.05, 0.1) is 31.5 Å². The number of phenolic OH excluding ortho intramolecular Hbond substituents is 1. The van der Waals surface area contributed by atoms with E-state index in [9.17, 15) is 29.1 Å². The topological polar surface area (TPSA) is 157 Å². The summed E-state index contributed by atoms with van der Waals surface area (Å²) in [5.41, 5.74) is 5.83. The van der Waals surface area contributed by atoms with E-state index in [-0.39, 0.29) is 41.1 Å². The highest BCUT2D eigenvalue weighted by molar-refractivity contribution is 9.09. The van der Waals surface area contributed by atoms with Gasteiger partial charge in [0.25, 0.3) is 11.8 Å². The third-order valence-electron chi connectivity index (χ3n) is 8.05. The molecule has 6 unspecified atom stereocenters. The van der Waals surface area contributed by atoms with Gasteiger partial charge in [-0.2, -0.15) is 4.90 Å². The predicted octanol–water partition coefficient (Wildman–Crippen LogP) is 2.20. The van der Waals surface area contributed by atoms with Gasteiger partial charge in [-0.3, -0.25) is 24.1 Å². The Balaban J connectivity index is 1.81. The molecule has 11 nitrogen and oxygen atoms in total. The highest BCUT2D eigenvalue weighted by Gasteiger charge is 2.77. The first-order chi connectivity index (χ1) is 17.9. The molecule has 0 aromatic heterocycles. The van der Waals surface area contributed by atoms with Crippen molar-refractivity contribution in [1.29, 1.82) is 0 Å². The summed E-state index contributed by atoms with van der Waals surface area (Å²) in [7, 11) is 2.68. The Labute approximate surface area is 234 Å². The summed E-state index contributed by atoms with van der Waals surface area (Å²) in [6.45, 7) is 0. The third kappa shape index (κ3) is 3.16. The minimum Gasteiger partial charge on any atom is -0.508 e. The normalized spacial score (nSPS) is 34.1. The fourth-order valence-corrected chi connectivity index (χ4v) is 7.91. The fourth-order valence-electron chi connectivity index (χ4n) is 6.50. The molecule has 1 aromatic carbocycles. The zero-order chi connectivity index (χ0) is 27.9. The number of ether oxygens (including phenoxy) is 2. The van der Waals surface area contributed by atoms with Crippen molar-refractivity contribution in [3.8, 4) is 17.2 Å². The number of nitrogens with two attached hydrogens (primary N) is 1. The number of fused-ring (bicyclic) bond motifs is 4. The SMILES string of the molecule is COc1cc(O)cc(OC)c1C1C2=CCC3C(=O)N(C(N)=O)C(=O)C3C2CC2(Cl)C(=O)N(CBr)C(=O)C12Cl. The summed E-state index contributed by atoms with van der Waals surface area (Å²) in [4.78, 5) is 62.9. The van der Waals surface area contributed by atoms with Crippen LogP contribution in [0.1, 0.15) is 24.3 Å². The van der Waals surface area contributed by atoms with E-state index in [0.717, 1.165) is 4.90 Å². The van der Waals surface area contributed by atoms with Crippen molar-refractivity contribution in [2.75, 3.05) is 19.7 Å². The minimum absolute atomic E-state index is 0.0522. The zero-order valence-corrected chi connectivity index (χ0v) is 23.2.